The molecule has 0 fully saturated rings. The van der Waals surface area contributed by atoms with Crippen molar-refractivity contribution >= 4 is 23.1 Å². The number of nitrogens with one attached hydrogen (secondary N) is 1. The number of anilines is 2. The second-order valence-electron chi connectivity index (χ2n) is 5.16. The van der Waals surface area contributed by atoms with Crippen LogP contribution in [0.4, 0.5) is 15.9 Å². The van der Waals surface area contributed by atoms with Crippen molar-refractivity contribution in [1.29, 1.82) is 0 Å². The van der Waals surface area contributed by atoms with Crippen molar-refractivity contribution in [2.75, 3.05) is 11.1 Å². The van der Waals surface area contributed by atoms with Gasteiger partial charge in [0.05, 0.1) is 24.7 Å². The molecule has 0 saturated carbocycles. The zero-order valence-corrected chi connectivity index (χ0v) is 12.9. The number of ether oxygens (including phenoxy) is 1. The first-order valence-corrected chi connectivity index (χ1v) is 7.03. The first-order valence-electron chi connectivity index (χ1n) is 7.03. The van der Waals surface area contributed by atoms with Gasteiger partial charge in [-0.1, -0.05) is 0 Å². The Bertz CT molecular complexity index is 909. The summed E-state index contributed by atoms with van der Waals surface area (Å²) < 4.78 is 19.8. The second-order valence-corrected chi connectivity index (χ2v) is 5.16. The number of fused-ring (bicyclic) bond motifs is 1. The largest absolute Gasteiger partial charge is 0.473 e. The lowest BCUT2D eigenvalue weighted by molar-refractivity contribution is 0.102. The number of hydrogen-bond acceptors (Lipinski definition) is 7. The lowest BCUT2D eigenvalue weighted by atomic mass is 10.3. The van der Waals surface area contributed by atoms with E-state index >= 15 is 0 Å². The van der Waals surface area contributed by atoms with Crippen LogP contribution in [0.2, 0.25) is 0 Å². The Labute approximate surface area is 135 Å². The number of nitrogen functional groups attached to an aromatic ring is 1. The van der Waals surface area contributed by atoms with E-state index in [-0.39, 0.29) is 34.7 Å². The van der Waals surface area contributed by atoms with Crippen LogP contribution < -0.4 is 15.8 Å². The third kappa shape index (κ3) is 2.93. The summed E-state index contributed by atoms with van der Waals surface area (Å²) in [6.07, 6.45) is 4.63. The Hall–Kier alpha value is -3.30. The van der Waals surface area contributed by atoms with Gasteiger partial charge in [-0.25, -0.2) is 18.9 Å². The van der Waals surface area contributed by atoms with Crippen LogP contribution >= 0.6 is 0 Å². The van der Waals surface area contributed by atoms with Gasteiger partial charge in [-0.15, -0.1) is 5.10 Å². The summed E-state index contributed by atoms with van der Waals surface area (Å²) in [5.41, 5.74) is 6.19. The Balaban J connectivity index is 1.95. The Morgan fingerprint density at radius 1 is 1.38 bits per heavy atom. The number of halogens is 1. The molecule has 0 saturated heterocycles. The standard InChI is InChI=1S/C14H14FN7O2/c1-7(2)24-14-9(4-17-6-19-14)20-13(23)10-11(16)21-22-5-8(15)3-18-12(10)22/h3-7H,1-2H3,(H2,16,21)(H,20,23). The molecule has 24 heavy (non-hydrogen) atoms. The second kappa shape index (κ2) is 6.07. The van der Waals surface area contributed by atoms with E-state index in [1.807, 2.05) is 13.8 Å². The summed E-state index contributed by atoms with van der Waals surface area (Å²) in [4.78, 5) is 24.2. The number of carbonyl (C=O) groups excluding carboxylic acids is 1. The molecule has 0 atom stereocenters. The van der Waals surface area contributed by atoms with Crippen molar-refractivity contribution in [3.63, 3.8) is 0 Å². The van der Waals surface area contributed by atoms with Gasteiger partial charge in [0.1, 0.15) is 17.6 Å². The van der Waals surface area contributed by atoms with E-state index in [0.717, 1.165) is 16.9 Å². The number of carbonyl (C=O) groups is 1. The van der Waals surface area contributed by atoms with Crippen molar-refractivity contribution in [3.8, 4) is 5.88 Å². The van der Waals surface area contributed by atoms with E-state index < -0.39 is 11.7 Å². The minimum absolute atomic E-state index is 0.0225. The van der Waals surface area contributed by atoms with Crippen molar-refractivity contribution in [3.05, 3.63) is 36.3 Å². The first kappa shape index (κ1) is 15.6. The molecule has 3 aromatic heterocycles. The van der Waals surface area contributed by atoms with E-state index in [1.165, 1.54) is 12.5 Å². The van der Waals surface area contributed by atoms with Crippen LogP contribution in [0.25, 0.3) is 5.65 Å². The molecule has 0 aromatic carbocycles. The molecule has 1 amide bonds. The highest BCUT2D eigenvalue weighted by Crippen LogP contribution is 2.23. The normalized spacial score (nSPS) is 11.0. The Kier molecular flexibility index (Phi) is 3.94. The number of nitrogens with zero attached hydrogens (tertiary/aromatic N) is 5. The highest BCUT2D eigenvalue weighted by atomic mass is 19.1. The smallest absolute Gasteiger partial charge is 0.263 e. The van der Waals surface area contributed by atoms with E-state index in [9.17, 15) is 9.18 Å². The maximum Gasteiger partial charge on any atom is 0.263 e. The van der Waals surface area contributed by atoms with Gasteiger partial charge in [-0.2, -0.15) is 4.98 Å². The third-order valence-corrected chi connectivity index (χ3v) is 2.97. The Morgan fingerprint density at radius 3 is 2.92 bits per heavy atom. The molecule has 0 aliphatic heterocycles. The third-order valence-electron chi connectivity index (χ3n) is 2.97. The summed E-state index contributed by atoms with van der Waals surface area (Å²) in [5, 5.41) is 6.49. The molecule has 0 radical (unpaired) electrons. The fraction of sp³-hybridized carbons (Fsp3) is 0.214. The predicted molar refractivity (Wildman–Crippen MR) is 83.1 cm³/mol. The van der Waals surface area contributed by atoms with Crippen molar-refractivity contribution in [1.82, 2.24) is 24.6 Å². The Morgan fingerprint density at radius 2 is 2.17 bits per heavy atom. The number of amides is 1. The van der Waals surface area contributed by atoms with Gasteiger partial charge >= 0.3 is 0 Å². The molecular weight excluding hydrogens is 317 g/mol. The maximum absolute atomic E-state index is 13.2. The lowest BCUT2D eigenvalue weighted by Crippen LogP contribution is -2.16. The quantitative estimate of drug-likeness (QED) is 0.738. The molecule has 0 spiro atoms. The molecule has 0 aliphatic rings. The number of rotatable bonds is 4. The molecule has 124 valence electrons. The fourth-order valence-electron chi connectivity index (χ4n) is 2.05. The number of aromatic nitrogens is 5. The molecule has 10 heteroatoms. The van der Waals surface area contributed by atoms with Gasteiger partial charge in [-0.3, -0.25) is 4.79 Å². The predicted octanol–water partition coefficient (Wildman–Crippen LogP) is 1.28. The minimum Gasteiger partial charge on any atom is -0.473 e. The van der Waals surface area contributed by atoms with Crippen molar-refractivity contribution in [2.24, 2.45) is 0 Å². The summed E-state index contributed by atoms with van der Waals surface area (Å²) >= 11 is 0. The van der Waals surface area contributed by atoms with Gasteiger partial charge in [0, 0.05) is 0 Å². The number of hydrogen-bond donors (Lipinski definition) is 2. The van der Waals surface area contributed by atoms with Crippen LogP contribution in [-0.2, 0) is 0 Å². The minimum atomic E-state index is -0.596. The van der Waals surface area contributed by atoms with E-state index in [1.54, 1.807) is 0 Å². The molecule has 0 aliphatic carbocycles. The van der Waals surface area contributed by atoms with Crippen molar-refractivity contribution in [2.45, 2.75) is 20.0 Å². The van der Waals surface area contributed by atoms with Crippen molar-refractivity contribution < 1.29 is 13.9 Å². The molecule has 3 aromatic rings. The highest BCUT2D eigenvalue weighted by Gasteiger charge is 2.21. The van der Waals surface area contributed by atoms with E-state index in [0.29, 0.717) is 0 Å². The van der Waals surface area contributed by atoms with E-state index in [2.05, 4.69) is 25.4 Å². The average Bonchev–Trinajstić information content (AvgIpc) is 2.83. The van der Waals surface area contributed by atoms with E-state index in [4.69, 9.17) is 10.5 Å². The molecule has 3 heterocycles. The molecular formula is C14H14FN7O2. The molecule has 3 rings (SSSR count). The van der Waals surface area contributed by atoms with Gasteiger partial charge in [-0.05, 0) is 13.8 Å². The SMILES string of the molecule is CC(C)Oc1ncncc1NC(=O)c1c(N)nn2cc(F)cnc12. The topological polar surface area (TPSA) is 120 Å². The summed E-state index contributed by atoms with van der Waals surface area (Å²) in [6, 6.07) is 0. The molecule has 3 N–H and O–H groups in total. The highest BCUT2D eigenvalue weighted by molar-refractivity contribution is 6.11. The zero-order valence-electron chi connectivity index (χ0n) is 12.9. The summed E-state index contributed by atoms with van der Waals surface area (Å²) in [5.74, 6) is -1.03. The monoisotopic (exact) mass is 331 g/mol. The molecule has 0 unspecified atom stereocenters. The van der Waals surface area contributed by atoms with Crippen LogP contribution in [0.15, 0.2) is 24.9 Å². The van der Waals surface area contributed by atoms with Crippen LogP contribution in [0.3, 0.4) is 0 Å². The van der Waals surface area contributed by atoms with Crippen LogP contribution in [0.5, 0.6) is 5.88 Å². The van der Waals surface area contributed by atoms with Crippen LogP contribution in [0, 0.1) is 5.82 Å². The zero-order chi connectivity index (χ0) is 17.3. The molecule has 0 bridgehead atoms. The van der Waals surface area contributed by atoms with Crippen LogP contribution in [-0.4, -0.2) is 36.6 Å². The summed E-state index contributed by atoms with van der Waals surface area (Å²) in [7, 11) is 0. The van der Waals surface area contributed by atoms with Gasteiger partial charge in [0.15, 0.2) is 17.3 Å². The fourth-order valence-corrected chi connectivity index (χ4v) is 2.05. The van der Waals surface area contributed by atoms with Gasteiger partial charge in [0.25, 0.3) is 5.91 Å². The van der Waals surface area contributed by atoms with Gasteiger partial charge < -0.3 is 15.8 Å². The number of nitrogens with two attached hydrogens (primary N) is 1. The first-order chi connectivity index (χ1) is 11.5. The lowest BCUT2D eigenvalue weighted by Gasteiger charge is -2.12. The average molecular weight is 331 g/mol. The van der Waals surface area contributed by atoms with Gasteiger partial charge in [0.2, 0.25) is 5.88 Å². The summed E-state index contributed by atoms with van der Waals surface area (Å²) in [6.45, 7) is 3.66. The maximum atomic E-state index is 13.2. The molecule has 9 nitrogen and oxygen atoms in total. The van der Waals surface area contributed by atoms with Crippen LogP contribution in [0.1, 0.15) is 24.2 Å².